The summed E-state index contributed by atoms with van der Waals surface area (Å²) in [6, 6.07) is 0. The maximum Gasteiger partial charge on any atom is 0.335 e. The van der Waals surface area contributed by atoms with E-state index in [2.05, 4.69) is 0 Å². The molecule has 0 aliphatic carbocycles. The lowest BCUT2D eigenvalue weighted by molar-refractivity contribution is -0.326. The van der Waals surface area contributed by atoms with Gasteiger partial charge in [-0.05, 0) is 0 Å². The molecule has 1 fully saturated rings. The van der Waals surface area contributed by atoms with Crippen LogP contribution in [0.5, 0.6) is 0 Å². The van der Waals surface area contributed by atoms with E-state index in [-0.39, 0.29) is 0 Å². The lowest BCUT2D eigenvalue weighted by Crippen LogP contribution is -2.61. The van der Waals surface area contributed by atoms with Gasteiger partial charge in [-0.15, -0.1) is 0 Å². The van der Waals surface area contributed by atoms with E-state index < -0.39 is 74.3 Å². The number of carboxylic acids is 1. The molecule has 0 bridgehead atoms. The predicted molar refractivity (Wildman–Crippen MR) is 71.4 cm³/mol. The van der Waals surface area contributed by atoms with Gasteiger partial charge in [0.2, 0.25) is 0 Å². The van der Waals surface area contributed by atoms with Crippen molar-refractivity contribution in [1.82, 2.24) is 0 Å². The molecule has 0 aromatic heterocycles. The van der Waals surface area contributed by atoms with Crippen LogP contribution >= 0.6 is 0 Å². The average molecular weight is 358 g/mol. The van der Waals surface area contributed by atoms with Crippen molar-refractivity contribution in [3.63, 3.8) is 0 Å². The van der Waals surface area contributed by atoms with Crippen LogP contribution in [0, 0.1) is 0 Å². The number of hydrogen-bond donors (Lipinski definition) is 9. The molecule has 9 atom stereocenters. The van der Waals surface area contributed by atoms with Crippen molar-refractivity contribution < 1.29 is 60.2 Å². The number of carbonyl (C=O) groups is 1. The third-order valence-corrected chi connectivity index (χ3v) is 3.62. The molecular formula is C12H22O12. The number of carboxylic acid groups (broad SMARTS) is 1. The molecule has 24 heavy (non-hydrogen) atoms. The highest BCUT2D eigenvalue weighted by atomic mass is 16.7. The second kappa shape index (κ2) is 8.96. The molecule has 0 aromatic carbocycles. The Morgan fingerprint density at radius 3 is 2.08 bits per heavy atom. The second-order valence-electron chi connectivity index (χ2n) is 5.32. The summed E-state index contributed by atoms with van der Waals surface area (Å²) in [5.41, 5.74) is 0. The van der Waals surface area contributed by atoms with Crippen molar-refractivity contribution in [3.05, 3.63) is 0 Å². The number of hydrogen-bond acceptors (Lipinski definition) is 11. The summed E-state index contributed by atoms with van der Waals surface area (Å²) >= 11 is 0. The maximum absolute atomic E-state index is 10.7. The average Bonchev–Trinajstić information content (AvgIpc) is 2.57. The largest absolute Gasteiger partial charge is 0.479 e. The summed E-state index contributed by atoms with van der Waals surface area (Å²) in [5, 5.41) is 84.5. The van der Waals surface area contributed by atoms with Crippen LogP contribution in [0.2, 0.25) is 0 Å². The summed E-state index contributed by atoms with van der Waals surface area (Å²) in [5.74, 6) is -1.84. The van der Waals surface area contributed by atoms with Gasteiger partial charge in [0.25, 0.3) is 0 Å². The van der Waals surface area contributed by atoms with Crippen molar-refractivity contribution in [3.8, 4) is 0 Å². The second-order valence-corrected chi connectivity index (χ2v) is 5.32. The first-order chi connectivity index (χ1) is 11.1. The van der Waals surface area contributed by atoms with Crippen LogP contribution < -0.4 is 0 Å². The van der Waals surface area contributed by atoms with E-state index >= 15 is 0 Å². The number of aliphatic hydroxyl groups is 8. The highest BCUT2D eigenvalue weighted by Crippen LogP contribution is 2.24. The summed E-state index contributed by atoms with van der Waals surface area (Å²) in [7, 11) is 0. The number of rotatable bonds is 8. The molecule has 1 aliphatic heterocycles. The minimum absolute atomic E-state index is 0.766. The van der Waals surface area contributed by atoms with Crippen LogP contribution in [-0.4, -0.2) is 120 Å². The standard InChI is InChI=1S/C12H22O12/c13-1-3(15)10(7(18)8(19)11(21)22)24-12-9(20)6(17)5(16)4(2-14)23-12/h3-10,12-20H,1-2H2,(H,21,22)/t3-,4-,5-,6-,7-,8-,9-,10?,12+/m1/s1. The van der Waals surface area contributed by atoms with Crippen molar-refractivity contribution in [2.24, 2.45) is 0 Å². The summed E-state index contributed by atoms with van der Waals surface area (Å²) in [4.78, 5) is 10.7. The Labute approximate surface area is 135 Å². The highest BCUT2D eigenvalue weighted by Gasteiger charge is 2.47. The van der Waals surface area contributed by atoms with Crippen molar-refractivity contribution in [2.45, 2.75) is 55.1 Å². The first-order valence-corrected chi connectivity index (χ1v) is 6.99. The van der Waals surface area contributed by atoms with Gasteiger partial charge in [-0.1, -0.05) is 0 Å². The van der Waals surface area contributed by atoms with Crippen LogP contribution in [0.4, 0.5) is 0 Å². The Balaban J connectivity index is 2.94. The Morgan fingerprint density at radius 2 is 1.62 bits per heavy atom. The Hall–Kier alpha value is -0.930. The van der Waals surface area contributed by atoms with Gasteiger partial charge in [0.15, 0.2) is 12.4 Å². The maximum atomic E-state index is 10.7. The van der Waals surface area contributed by atoms with Crippen LogP contribution in [0.3, 0.4) is 0 Å². The van der Waals surface area contributed by atoms with E-state index in [1.54, 1.807) is 0 Å². The SMILES string of the molecule is O=C(O)[C@H](O)[C@@H](O)C(O[C@@H]1O[C@H](CO)[C@@H](O)[C@@H](O)[C@H]1O)[C@H](O)CO. The predicted octanol–water partition coefficient (Wildman–Crippen LogP) is -5.67. The van der Waals surface area contributed by atoms with Gasteiger partial charge >= 0.3 is 5.97 Å². The zero-order valence-electron chi connectivity index (χ0n) is 12.4. The first kappa shape index (κ1) is 21.1. The summed E-state index contributed by atoms with van der Waals surface area (Å²) in [6.07, 6.45) is -16.9. The molecule has 0 aromatic rings. The molecule has 0 radical (unpaired) electrons. The molecular weight excluding hydrogens is 336 g/mol. The van der Waals surface area contributed by atoms with E-state index in [1.807, 2.05) is 0 Å². The van der Waals surface area contributed by atoms with E-state index in [4.69, 9.17) is 24.8 Å². The summed E-state index contributed by atoms with van der Waals surface area (Å²) in [6.45, 7) is -1.76. The Bertz CT molecular complexity index is 403. The van der Waals surface area contributed by atoms with Crippen LogP contribution in [-0.2, 0) is 14.3 Å². The van der Waals surface area contributed by atoms with Gasteiger partial charge in [0.1, 0.15) is 42.7 Å². The normalized spacial score (nSPS) is 35.9. The van der Waals surface area contributed by atoms with Gasteiger partial charge in [-0.2, -0.15) is 0 Å². The molecule has 9 N–H and O–H groups in total. The van der Waals surface area contributed by atoms with Gasteiger partial charge in [0.05, 0.1) is 13.2 Å². The molecule has 0 amide bonds. The highest BCUT2D eigenvalue weighted by molar-refractivity contribution is 5.72. The van der Waals surface area contributed by atoms with Crippen molar-refractivity contribution in [2.75, 3.05) is 13.2 Å². The number of ether oxygens (including phenoxy) is 2. The third-order valence-electron chi connectivity index (χ3n) is 3.62. The van der Waals surface area contributed by atoms with Crippen molar-refractivity contribution >= 4 is 5.97 Å². The smallest absolute Gasteiger partial charge is 0.335 e. The monoisotopic (exact) mass is 358 g/mol. The Kier molecular flexibility index (Phi) is 7.88. The minimum Gasteiger partial charge on any atom is -0.479 e. The van der Waals surface area contributed by atoms with E-state index in [1.165, 1.54) is 0 Å². The molecule has 1 heterocycles. The van der Waals surface area contributed by atoms with Crippen LogP contribution in [0.15, 0.2) is 0 Å². The molecule has 1 rings (SSSR count). The molecule has 1 saturated heterocycles. The number of aliphatic hydroxyl groups excluding tert-OH is 8. The minimum atomic E-state index is -2.39. The fraction of sp³-hybridized carbons (Fsp3) is 0.917. The topological polar surface area (TPSA) is 218 Å². The molecule has 12 nitrogen and oxygen atoms in total. The zero-order chi connectivity index (χ0) is 18.6. The van der Waals surface area contributed by atoms with Gasteiger partial charge in [-0.3, -0.25) is 0 Å². The van der Waals surface area contributed by atoms with Gasteiger partial charge in [-0.25, -0.2) is 4.79 Å². The van der Waals surface area contributed by atoms with Gasteiger partial charge in [0, 0.05) is 0 Å². The zero-order valence-corrected chi connectivity index (χ0v) is 12.4. The fourth-order valence-electron chi connectivity index (χ4n) is 2.16. The molecule has 0 saturated carbocycles. The van der Waals surface area contributed by atoms with Crippen LogP contribution in [0.1, 0.15) is 0 Å². The van der Waals surface area contributed by atoms with Crippen molar-refractivity contribution in [1.29, 1.82) is 0 Å². The fourth-order valence-corrected chi connectivity index (χ4v) is 2.16. The molecule has 0 spiro atoms. The lowest BCUT2D eigenvalue weighted by atomic mass is 9.98. The van der Waals surface area contributed by atoms with E-state index in [0.29, 0.717) is 0 Å². The molecule has 1 unspecified atom stereocenters. The summed E-state index contributed by atoms with van der Waals surface area (Å²) < 4.78 is 9.98. The number of aliphatic carboxylic acids is 1. The lowest BCUT2D eigenvalue weighted by Gasteiger charge is -2.42. The molecule has 12 heteroatoms. The Morgan fingerprint density at radius 1 is 1.04 bits per heavy atom. The third kappa shape index (κ3) is 4.58. The van der Waals surface area contributed by atoms with Crippen LogP contribution in [0.25, 0.3) is 0 Å². The molecule has 142 valence electrons. The first-order valence-electron chi connectivity index (χ1n) is 6.99. The molecule has 1 aliphatic rings. The van der Waals surface area contributed by atoms with E-state index in [9.17, 15) is 35.4 Å². The quantitative estimate of drug-likeness (QED) is 0.198. The van der Waals surface area contributed by atoms with E-state index in [0.717, 1.165) is 0 Å². The van der Waals surface area contributed by atoms with Gasteiger partial charge < -0.3 is 55.4 Å².